The summed E-state index contributed by atoms with van der Waals surface area (Å²) in [6.07, 6.45) is 0.905. The van der Waals surface area contributed by atoms with E-state index in [1.165, 1.54) is 18.2 Å². The zero-order chi connectivity index (χ0) is 17.5. The number of anilines is 2. The first kappa shape index (κ1) is 17.5. The van der Waals surface area contributed by atoms with Gasteiger partial charge in [0.2, 0.25) is 12.3 Å². The Morgan fingerprint density at radius 2 is 1.83 bits per heavy atom. The highest BCUT2D eigenvalue weighted by molar-refractivity contribution is 5.81. The van der Waals surface area contributed by atoms with E-state index in [4.69, 9.17) is 0 Å². The monoisotopic (exact) mass is 329 g/mol. The van der Waals surface area contributed by atoms with Gasteiger partial charge in [0.25, 0.3) is 0 Å². The predicted octanol–water partition coefficient (Wildman–Crippen LogP) is 2.32. The number of hydrogen-bond acceptors (Lipinski definition) is 3. The molecule has 0 saturated carbocycles. The lowest BCUT2D eigenvalue weighted by atomic mass is 10.1. The molecule has 2 aromatic carbocycles. The Labute approximate surface area is 140 Å². The molecule has 0 heterocycles. The minimum absolute atomic E-state index is 0.0378. The first-order chi connectivity index (χ1) is 11.5. The van der Waals surface area contributed by atoms with Crippen LogP contribution in [0.3, 0.4) is 0 Å². The smallest absolute Gasteiger partial charge is 0.224 e. The number of likely N-dealkylation sites (N-methyl/N-ethyl adjacent to an activating group) is 1. The lowest BCUT2D eigenvalue weighted by Crippen LogP contribution is -2.20. The van der Waals surface area contributed by atoms with Crippen molar-refractivity contribution in [1.82, 2.24) is 5.32 Å². The predicted molar refractivity (Wildman–Crippen MR) is 92.4 cm³/mol. The van der Waals surface area contributed by atoms with Crippen molar-refractivity contribution >= 4 is 23.7 Å². The highest BCUT2D eigenvalue weighted by Gasteiger charge is 2.10. The summed E-state index contributed by atoms with van der Waals surface area (Å²) in [7, 11) is 3.43. The number of nitrogens with one attached hydrogen (secondary N) is 2. The first-order valence-electron chi connectivity index (χ1n) is 7.52. The number of rotatable bonds is 7. The molecule has 0 fully saturated rings. The number of benzene rings is 2. The van der Waals surface area contributed by atoms with Crippen LogP contribution in [0.15, 0.2) is 42.5 Å². The van der Waals surface area contributed by atoms with E-state index in [-0.39, 0.29) is 11.7 Å². The standard InChI is InChI=1S/C18H20FN3O2/c1-20-18(24)9-13-3-5-14(6-4-13)11-22(2)17-10-15(19)7-8-16(17)21-12-23/h3-8,10,12H,9,11H2,1-2H3,(H,20,24)(H,21,23). The molecule has 0 spiro atoms. The second-order valence-corrected chi connectivity index (χ2v) is 5.45. The Morgan fingerprint density at radius 3 is 2.46 bits per heavy atom. The third kappa shape index (κ3) is 4.55. The van der Waals surface area contributed by atoms with Crippen molar-refractivity contribution in [2.45, 2.75) is 13.0 Å². The Bertz CT molecular complexity index is 717. The summed E-state index contributed by atoms with van der Waals surface area (Å²) in [5, 5.41) is 5.16. The molecule has 0 aromatic heterocycles. The molecule has 2 N–H and O–H groups in total. The van der Waals surface area contributed by atoms with Crippen LogP contribution >= 0.6 is 0 Å². The molecule has 0 aliphatic carbocycles. The Morgan fingerprint density at radius 1 is 1.17 bits per heavy atom. The van der Waals surface area contributed by atoms with Crippen molar-refractivity contribution in [1.29, 1.82) is 0 Å². The lowest BCUT2D eigenvalue weighted by Gasteiger charge is -2.22. The van der Waals surface area contributed by atoms with E-state index in [1.807, 2.05) is 36.2 Å². The van der Waals surface area contributed by atoms with Crippen LogP contribution in [-0.4, -0.2) is 26.4 Å². The van der Waals surface area contributed by atoms with Crippen molar-refractivity contribution in [2.24, 2.45) is 0 Å². The van der Waals surface area contributed by atoms with E-state index in [0.717, 1.165) is 11.1 Å². The van der Waals surface area contributed by atoms with Gasteiger partial charge in [0.05, 0.1) is 17.8 Å². The third-order valence-electron chi connectivity index (χ3n) is 3.67. The Balaban J connectivity index is 2.12. The number of halogens is 1. The van der Waals surface area contributed by atoms with Gasteiger partial charge in [-0.3, -0.25) is 9.59 Å². The van der Waals surface area contributed by atoms with E-state index >= 15 is 0 Å². The van der Waals surface area contributed by atoms with Crippen LogP contribution < -0.4 is 15.5 Å². The normalized spacial score (nSPS) is 10.1. The van der Waals surface area contributed by atoms with Crippen molar-refractivity contribution < 1.29 is 14.0 Å². The van der Waals surface area contributed by atoms with Crippen LogP contribution in [0, 0.1) is 5.82 Å². The van der Waals surface area contributed by atoms with E-state index in [9.17, 15) is 14.0 Å². The molecule has 24 heavy (non-hydrogen) atoms. The van der Waals surface area contributed by atoms with Gasteiger partial charge >= 0.3 is 0 Å². The molecule has 0 saturated heterocycles. The molecular formula is C18H20FN3O2. The molecular weight excluding hydrogens is 309 g/mol. The topological polar surface area (TPSA) is 61.4 Å². The highest BCUT2D eigenvalue weighted by atomic mass is 19.1. The van der Waals surface area contributed by atoms with Gasteiger partial charge in [0, 0.05) is 20.6 Å². The number of amides is 2. The zero-order valence-electron chi connectivity index (χ0n) is 13.7. The molecule has 126 valence electrons. The average Bonchev–Trinajstić information content (AvgIpc) is 2.58. The average molecular weight is 329 g/mol. The van der Waals surface area contributed by atoms with Gasteiger partial charge in [-0.1, -0.05) is 24.3 Å². The van der Waals surface area contributed by atoms with Gasteiger partial charge in [-0.15, -0.1) is 0 Å². The number of carbonyl (C=O) groups excluding carboxylic acids is 2. The molecule has 6 heteroatoms. The van der Waals surface area contributed by atoms with E-state index in [1.54, 1.807) is 7.05 Å². The van der Waals surface area contributed by atoms with Gasteiger partial charge in [-0.2, -0.15) is 0 Å². The van der Waals surface area contributed by atoms with Gasteiger partial charge in [-0.25, -0.2) is 4.39 Å². The summed E-state index contributed by atoms with van der Waals surface area (Å²) in [5.41, 5.74) is 3.08. The quantitative estimate of drug-likeness (QED) is 0.767. The molecule has 5 nitrogen and oxygen atoms in total. The maximum atomic E-state index is 13.5. The molecule has 0 unspecified atom stereocenters. The number of nitrogens with zero attached hydrogens (tertiary/aromatic N) is 1. The van der Waals surface area contributed by atoms with Crippen LogP contribution in [0.4, 0.5) is 15.8 Å². The molecule has 0 atom stereocenters. The lowest BCUT2D eigenvalue weighted by molar-refractivity contribution is -0.120. The molecule has 0 aliphatic heterocycles. The van der Waals surface area contributed by atoms with Crippen molar-refractivity contribution in [2.75, 3.05) is 24.3 Å². The molecule has 2 rings (SSSR count). The first-order valence-corrected chi connectivity index (χ1v) is 7.52. The van der Waals surface area contributed by atoms with E-state index in [0.29, 0.717) is 30.8 Å². The molecule has 0 radical (unpaired) electrons. The van der Waals surface area contributed by atoms with E-state index in [2.05, 4.69) is 10.6 Å². The van der Waals surface area contributed by atoms with E-state index < -0.39 is 0 Å². The van der Waals surface area contributed by atoms with Crippen LogP contribution in [-0.2, 0) is 22.6 Å². The minimum Gasteiger partial charge on any atom is -0.369 e. The minimum atomic E-state index is -0.366. The number of carbonyl (C=O) groups is 2. The largest absolute Gasteiger partial charge is 0.369 e. The van der Waals surface area contributed by atoms with Crippen LogP contribution in [0.2, 0.25) is 0 Å². The molecule has 0 bridgehead atoms. The van der Waals surface area contributed by atoms with Crippen molar-refractivity contribution in [3.05, 3.63) is 59.4 Å². The maximum Gasteiger partial charge on any atom is 0.224 e. The summed E-state index contributed by atoms with van der Waals surface area (Å²) in [6.45, 7) is 0.539. The van der Waals surface area contributed by atoms with Crippen molar-refractivity contribution in [3.63, 3.8) is 0 Å². The van der Waals surface area contributed by atoms with Gasteiger partial charge in [-0.05, 0) is 29.3 Å². The third-order valence-corrected chi connectivity index (χ3v) is 3.67. The van der Waals surface area contributed by atoms with Crippen LogP contribution in [0.5, 0.6) is 0 Å². The fourth-order valence-electron chi connectivity index (χ4n) is 2.40. The fraction of sp³-hybridized carbons (Fsp3) is 0.222. The second-order valence-electron chi connectivity index (χ2n) is 5.45. The fourth-order valence-corrected chi connectivity index (χ4v) is 2.40. The summed E-state index contributed by atoms with van der Waals surface area (Å²) in [6, 6.07) is 11.9. The molecule has 2 aromatic rings. The SMILES string of the molecule is CNC(=O)Cc1ccc(CN(C)c2cc(F)ccc2NC=O)cc1. The Hall–Kier alpha value is -2.89. The van der Waals surface area contributed by atoms with Gasteiger partial charge < -0.3 is 15.5 Å². The molecule has 2 amide bonds. The number of hydrogen-bond donors (Lipinski definition) is 2. The maximum absolute atomic E-state index is 13.5. The highest BCUT2D eigenvalue weighted by Crippen LogP contribution is 2.27. The summed E-state index contributed by atoms with van der Waals surface area (Å²) in [4.78, 5) is 23.9. The van der Waals surface area contributed by atoms with Crippen LogP contribution in [0.1, 0.15) is 11.1 Å². The van der Waals surface area contributed by atoms with Gasteiger partial charge in [0.1, 0.15) is 5.82 Å². The summed E-state index contributed by atoms with van der Waals surface area (Å²) < 4.78 is 13.5. The summed E-state index contributed by atoms with van der Waals surface area (Å²) >= 11 is 0. The second kappa shape index (κ2) is 8.10. The van der Waals surface area contributed by atoms with Crippen molar-refractivity contribution in [3.8, 4) is 0 Å². The zero-order valence-corrected chi connectivity index (χ0v) is 13.7. The Kier molecular flexibility index (Phi) is 5.89. The van der Waals surface area contributed by atoms with Crippen LogP contribution in [0.25, 0.3) is 0 Å². The molecule has 0 aliphatic rings. The summed E-state index contributed by atoms with van der Waals surface area (Å²) in [5.74, 6) is -0.404. The van der Waals surface area contributed by atoms with Gasteiger partial charge in [0.15, 0.2) is 0 Å².